The van der Waals surface area contributed by atoms with E-state index in [0.29, 0.717) is 5.56 Å². The van der Waals surface area contributed by atoms with Crippen molar-refractivity contribution in [2.45, 2.75) is 64.5 Å². The van der Waals surface area contributed by atoms with Crippen LogP contribution in [0.1, 0.15) is 66.9 Å². The van der Waals surface area contributed by atoms with Gasteiger partial charge in [-0.1, -0.05) is 37.5 Å². The number of hydrogen-bond acceptors (Lipinski definition) is 4. The average Bonchev–Trinajstić information content (AvgIpc) is 2.79. The molecule has 0 amide bonds. The van der Waals surface area contributed by atoms with Crippen LogP contribution < -0.4 is 0 Å². The summed E-state index contributed by atoms with van der Waals surface area (Å²) in [6, 6.07) is -1.96. The van der Waals surface area contributed by atoms with E-state index in [1.807, 2.05) is 0 Å². The highest BCUT2D eigenvalue weighted by molar-refractivity contribution is 7.92. The summed E-state index contributed by atoms with van der Waals surface area (Å²) in [5, 5.41) is -2.16. The van der Waals surface area contributed by atoms with E-state index in [0.717, 1.165) is 13.8 Å². The molecule has 0 aliphatic carbocycles. The van der Waals surface area contributed by atoms with E-state index in [1.165, 1.54) is 13.8 Å². The molecule has 0 aliphatic heterocycles. The third-order valence-electron chi connectivity index (χ3n) is 4.87. The largest absolute Gasteiger partial charge is 0.260 e. The van der Waals surface area contributed by atoms with Crippen LogP contribution >= 0.6 is 11.6 Å². The first kappa shape index (κ1) is 14.8. The monoisotopic (exact) mass is 464 g/mol. The zero-order valence-corrected chi connectivity index (χ0v) is 20.1. The number of aromatic nitrogens is 2. The van der Waals surface area contributed by atoms with Crippen molar-refractivity contribution in [1.82, 2.24) is 9.97 Å². The summed E-state index contributed by atoms with van der Waals surface area (Å²) >= 11 is 6.36. The van der Waals surface area contributed by atoms with E-state index in [1.54, 1.807) is 20.8 Å². The molecule has 0 saturated heterocycles. The van der Waals surface area contributed by atoms with E-state index < -0.39 is 50.2 Å². The Bertz CT molecular complexity index is 1620. The summed E-state index contributed by atoms with van der Waals surface area (Å²) in [7, 11) is -4.43. The standard InChI is InChI=1S/C25H29ClN2O2S/c1-14(2)24-17(6)11-20(12-27-24)25-23(18(7)21(26)13-28-25)19-8-9-22(16(5)10-19)31(29,30)15(3)4/h8-15H,1-7H3/i8D,9D,10D,11D,12D,13D,14D,15D. The van der Waals surface area contributed by atoms with Gasteiger partial charge < -0.3 is 0 Å². The van der Waals surface area contributed by atoms with Crippen molar-refractivity contribution in [2.75, 3.05) is 0 Å². The topological polar surface area (TPSA) is 59.9 Å². The maximum absolute atomic E-state index is 13.1. The lowest BCUT2D eigenvalue weighted by molar-refractivity contribution is 0.587. The molecule has 0 saturated carbocycles. The summed E-state index contributed by atoms with van der Waals surface area (Å²) in [4.78, 5) is 7.86. The van der Waals surface area contributed by atoms with Crippen LogP contribution in [0.5, 0.6) is 0 Å². The van der Waals surface area contributed by atoms with E-state index in [9.17, 15) is 8.42 Å². The molecule has 0 aliphatic rings. The number of sulfone groups is 1. The van der Waals surface area contributed by atoms with E-state index in [2.05, 4.69) is 9.97 Å². The molecule has 6 heteroatoms. The van der Waals surface area contributed by atoms with Crippen LogP contribution in [0.15, 0.2) is 41.4 Å². The fraction of sp³-hybridized carbons (Fsp3) is 0.360. The van der Waals surface area contributed by atoms with Gasteiger partial charge in [0.05, 0.1) is 29.1 Å². The lowest BCUT2D eigenvalue weighted by atomic mass is 9.94. The number of halogens is 1. The van der Waals surface area contributed by atoms with Gasteiger partial charge in [0.2, 0.25) is 0 Å². The van der Waals surface area contributed by atoms with Gasteiger partial charge in [0, 0.05) is 31.9 Å². The first-order valence-corrected chi connectivity index (χ1v) is 11.4. The maximum atomic E-state index is 13.1. The molecule has 164 valence electrons. The highest BCUT2D eigenvalue weighted by Gasteiger charge is 2.23. The smallest absolute Gasteiger partial charge is 0.180 e. The molecule has 0 radical (unpaired) electrons. The molecule has 0 fully saturated rings. The Morgan fingerprint density at radius 1 is 0.968 bits per heavy atom. The van der Waals surface area contributed by atoms with Gasteiger partial charge in [0.25, 0.3) is 0 Å². The van der Waals surface area contributed by atoms with Crippen LogP contribution in [0.25, 0.3) is 22.4 Å². The predicted octanol–water partition coefficient (Wildman–Crippen LogP) is 6.69. The molecule has 1 aromatic carbocycles. The Morgan fingerprint density at radius 3 is 2.23 bits per heavy atom. The molecular formula is C25H29ClN2O2S. The van der Waals surface area contributed by atoms with Gasteiger partial charge in [-0.2, -0.15) is 0 Å². The second-order valence-corrected chi connectivity index (χ2v) is 10.3. The average molecular weight is 465 g/mol. The third kappa shape index (κ3) is 4.39. The zero-order valence-electron chi connectivity index (χ0n) is 26.5. The fourth-order valence-electron chi connectivity index (χ4n) is 3.17. The maximum Gasteiger partial charge on any atom is 0.180 e. The van der Waals surface area contributed by atoms with Crippen LogP contribution in [0.3, 0.4) is 0 Å². The first-order chi connectivity index (χ1) is 17.6. The van der Waals surface area contributed by atoms with Crippen LogP contribution in [0, 0.1) is 20.8 Å². The number of rotatable bonds is 5. The molecule has 4 nitrogen and oxygen atoms in total. The SMILES string of the molecule is [2H]c1nc(-c2c([2H])nc(C([2H])(C)C)c(C)c2[2H])c(-c2c([2H])c([2H])c(S(=O)(=O)C([2H])(C)C)c(C)c2[2H])c(C)c1Cl. The van der Waals surface area contributed by atoms with Gasteiger partial charge in [-0.15, -0.1) is 0 Å². The third-order valence-corrected chi connectivity index (χ3v) is 7.26. The summed E-state index contributed by atoms with van der Waals surface area (Å²) in [6.07, 6.45) is -0.794. The van der Waals surface area contributed by atoms with Crippen molar-refractivity contribution >= 4 is 21.4 Å². The molecule has 3 rings (SSSR count). The molecular weight excluding hydrogens is 428 g/mol. The molecule has 0 spiro atoms. The molecule has 2 aromatic heterocycles. The van der Waals surface area contributed by atoms with Gasteiger partial charge in [-0.25, -0.2) is 8.42 Å². The Hall–Kier alpha value is -2.24. The highest BCUT2D eigenvalue weighted by Crippen LogP contribution is 2.38. The number of hydrogen-bond donors (Lipinski definition) is 0. The molecule has 0 unspecified atom stereocenters. The number of nitrogens with zero attached hydrogens (tertiary/aromatic N) is 2. The minimum atomic E-state index is -4.43. The van der Waals surface area contributed by atoms with Crippen LogP contribution in [0.4, 0.5) is 0 Å². The Morgan fingerprint density at radius 2 is 1.61 bits per heavy atom. The van der Waals surface area contributed by atoms with Crippen LogP contribution in [-0.2, 0) is 9.84 Å². The second kappa shape index (κ2) is 8.71. The minimum Gasteiger partial charge on any atom is -0.260 e. The van der Waals surface area contributed by atoms with Gasteiger partial charge in [-0.3, -0.25) is 9.97 Å². The summed E-state index contributed by atoms with van der Waals surface area (Å²) < 4.78 is 94.6. The van der Waals surface area contributed by atoms with E-state index in [4.69, 9.17) is 22.6 Å². The van der Waals surface area contributed by atoms with E-state index >= 15 is 0 Å². The van der Waals surface area contributed by atoms with Crippen molar-refractivity contribution in [3.05, 3.63) is 63.9 Å². The van der Waals surface area contributed by atoms with Gasteiger partial charge in [-0.05, 0) is 74.9 Å². The van der Waals surface area contributed by atoms with Gasteiger partial charge >= 0.3 is 0 Å². The van der Waals surface area contributed by atoms with Gasteiger partial charge in [0.15, 0.2) is 9.84 Å². The molecule has 2 heterocycles. The summed E-state index contributed by atoms with van der Waals surface area (Å²) in [5.74, 6) is -1.21. The van der Waals surface area contributed by atoms with Gasteiger partial charge in [0.1, 0.15) is 0 Å². The molecule has 31 heavy (non-hydrogen) atoms. The van der Waals surface area contributed by atoms with E-state index in [-0.39, 0.29) is 56.4 Å². The lowest BCUT2D eigenvalue weighted by Gasteiger charge is -2.17. The Balaban J connectivity index is 2.58. The first-order valence-electron chi connectivity index (χ1n) is 13.6. The highest BCUT2D eigenvalue weighted by atomic mass is 35.5. The summed E-state index contributed by atoms with van der Waals surface area (Å²) in [5.41, 5.74) is 0.0845. The summed E-state index contributed by atoms with van der Waals surface area (Å²) in [6.45, 7) is 9.83. The number of benzene rings is 1. The fourth-order valence-corrected chi connectivity index (χ4v) is 4.36. The number of pyridine rings is 2. The van der Waals surface area contributed by atoms with Crippen molar-refractivity contribution in [3.63, 3.8) is 0 Å². The van der Waals surface area contributed by atoms with Crippen LogP contribution in [0.2, 0.25) is 5.02 Å². The normalized spacial score (nSPS) is 16.4. The van der Waals surface area contributed by atoms with Crippen molar-refractivity contribution in [3.8, 4) is 22.4 Å². The van der Waals surface area contributed by atoms with Crippen molar-refractivity contribution in [2.24, 2.45) is 0 Å². The predicted molar refractivity (Wildman–Crippen MR) is 129 cm³/mol. The van der Waals surface area contributed by atoms with Crippen molar-refractivity contribution < 1.29 is 19.4 Å². The van der Waals surface area contributed by atoms with Crippen LogP contribution in [-0.4, -0.2) is 23.6 Å². The Labute approximate surface area is 201 Å². The zero-order chi connectivity index (χ0) is 30.2. The molecule has 0 bridgehead atoms. The van der Waals surface area contributed by atoms with Crippen molar-refractivity contribution in [1.29, 1.82) is 0 Å². The minimum absolute atomic E-state index is 0.00207. The second-order valence-electron chi connectivity index (χ2n) is 7.70. The molecule has 3 aromatic rings. The molecule has 0 N–H and O–H groups in total. The lowest BCUT2D eigenvalue weighted by Crippen LogP contribution is -2.15. The molecule has 0 atom stereocenters. The Kier molecular flexibility index (Phi) is 4.15. The quantitative estimate of drug-likeness (QED) is 0.421.